The summed E-state index contributed by atoms with van der Waals surface area (Å²) in [5.74, 6) is -0.307. The van der Waals surface area contributed by atoms with E-state index in [1.165, 1.54) is 0 Å². The number of amides is 2. The monoisotopic (exact) mass is 311 g/mol. The van der Waals surface area contributed by atoms with Crippen LogP contribution in [0.2, 0.25) is 0 Å². The second kappa shape index (κ2) is 5.48. The molecule has 96 valence electrons. The van der Waals surface area contributed by atoms with Crippen LogP contribution in [0.5, 0.6) is 0 Å². The summed E-state index contributed by atoms with van der Waals surface area (Å²) in [7, 11) is 1.58. The molecule has 1 saturated heterocycles. The van der Waals surface area contributed by atoms with Crippen molar-refractivity contribution in [1.29, 1.82) is 0 Å². The average Bonchev–Trinajstić information content (AvgIpc) is 2.86. The summed E-state index contributed by atoms with van der Waals surface area (Å²) in [6.07, 6.45) is 1.55. The average molecular weight is 312 g/mol. The number of halogens is 1. The molecule has 0 spiro atoms. The maximum atomic E-state index is 12.3. The molecule has 1 N–H and O–H groups in total. The minimum atomic E-state index is -0.372. The summed E-state index contributed by atoms with van der Waals surface area (Å²) in [6, 6.07) is 4.81. The van der Waals surface area contributed by atoms with Gasteiger partial charge >= 0.3 is 0 Å². The summed E-state index contributed by atoms with van der Waals surface area (Å²) in [5, 5.41) is 2.59. The summed E-state index contributed by atoms with van der Waals surface area (Å²) < 4.78 is 0.615. The third-order valence-electron chi connectivity index (χ3n) is 3.00. The number of carbonyl (C=O) groups is 2. The Morgan fingerprint density at radius 3 is 2.94 bits per heavy atom. The van der Waals surface area contributed by atoms with E-state index in [9.17, 15) is 9.59 Å². The number of rotatable bonds is 2. The van der Waals surface area contributed by atoms with Crippen LogP contribution >= 0.6 is 15.9 Å². The molecule has 0 aliphatic carbocycles. The Morgan fingerprint density at radius 1 is 1.50 bits per heavy atom. The van der Waals surface area contributed by atoms with Gasteiger partial charge in [0.15, 0.2) is 0 Å². The minimum absolute atomic E-state index is 0.115. The molecule has 0 aromatic carbocycles. The van der Waals surface area contributed by atoms with Crippen LogP contribution in [0.15, 0.2) is 22.8 Å². The first kappa shape index (κ1) is 13.0. The van der Waals surface area contributed by atoms with Crippen molar-refractivity contribution >= 4 is 27.7 Å². The van der Waals surface area contributed by atoms with Gasteiger partial charge in [-0.1, -0.05) is 6.07 Å². The maximum Gasteiger partial charge on any atom is 0.273 e. The zero-order valence-electron chi connectivity index (χ0n) is 10.0. The number of hydrogen-bond acceptors (Lipinski definition) is 3. The quantitative estimate of drug-likeness (QED) is 0.835. The second-order valence-corrected chi connectivity index (χ2v) is 4.93. The van der Waals surface area contributed by atoms with Crippen LogP contribution in [0.1, 0.15) is 23.3 Å². The van der Waals surface area contributed by atoms with Crippen molar-refractivity contribution in [2.45, 2.75) is 18.9 Å². The largest absolute Gasteiger partial charge is 0.357 e. The predicted octanol–water partition coefficient (Wildman–Crippen LogP) is 1.19. The van der Waals surface area contributed by atoms with Crippen molar-refractivity contribution in [3.05, 3.63) is 28.5 Å². The fourth-order valence-corrected chi connectivity index (χ4v) is 2.47. The van der Waals surface area contributed by atoms with Crippen LogP contribution in [0.4, 0.5) is 0 Å². The van der Waals surface area contributed by atoms with E-state index in [4.69, 9.17) is 0 Å². The molecule has 1 unspecified atom stereocenters. The van der Waals surface area contributed by atoms with E-state index in [0.717, 1.165) is 6.42 Å². The highest BCUT2D eigenvalue weighted by Gasteiger charge is 2.34. The number of aromatic nitrogens is 1. The molecule has 2 heterocycles. The normalized spacial score (nSPS) is 18.8. The molecule has 2 amide bonds. The molecular formula is C12H14BrN3O2. The van der Waals surface area contributed by atoms with Gasteiger partial charge in [-0.25, -0.2) is 4.98 Å². The van der Waals surface area contributed by atoms with Crippen LogP contribution in [-0.2, 0) is 4.79 Å². The summed E-state index contributed by atoms with van der Waals surface area (Å²) in [4.78, 5) is 29.7. The highest BCUT2D eigenvalue weighted by Crippen LogP contribution is 2.20. The highest BCUT2D eigenvalue weighted by atomic mass is 79.9. The van der Waals surface area contributed by atoms with Gasteiger partial charge in [-0.05, 0) is 40.9 Å². The number of nitrogens with one attached hydrogen (secondary N) is 1. The molecule has 6 heteroatoms. The van der Waals surface area contributed by atoms with Gasteiger partial charge in [0.05, 0.1) is 0 Å². The van der Waals surface area contributed by atoms with Crippen molar-refractivity contribution in [3.63, 3.8) is 0 Å². The van der Waals surface area contributed by atoms with Gasteiger partial charge in [-0.15, -0.1) is 0 Å². The number of carbonyl (C=O) groups excluding carboxylic acids is 2. The molecule has 1 aliphatic heterocycles. The van der Waals surface area contributed by atoms with Crippen LogP contribution in [0.3, 0.4) is 0 Å². The zero-order chi connectivity index (χ0) is 13.1. The molecular weight excluding hydrogens is 298 g/mol. The number of likely N-dealkylation sites (tertiary alicyclic amines) is 1. The summed E-state index contributed by atoms with van der Waals surface area (Å²) in [5.41, 5.74) is 0.361. The van der Waals surface area contributed by atoms with Gasteiger partial charge in [-0.3, -0.25) is 9.59 Å². The zero-order valence-corrected chi connectivity index (χ0v) is 11.6. The molecule has 0 saturated carbocycles. The molecule has 1 aromatic rings. The summed E-state index contributed by atoms with van der Waals surface area (Å²) in [6.45, 7) is 0.602. The summed E-state index contributed by atoms with van der Waals surface area (Å²) >= 11 is 3.24. The Morgan fingerprint density at radius 2 is 2.28 bits per heavy atom. The first-order valence-electron chi connectivity index (χ1n) is 5.78. The number of likely N-dealkylation sites (N-methyl/N-ethyl adjacent to an activating group) is 1. The van der Waals surface area contributed by atoms with Gasteiger partial charge in [0.25, 0.3) is 5.91 Å². The molecule has 1 aliphatic rings. The van der Waals surface area contributed by atoms with E-state index in [2.05, 4.69) is 26.2 Å². The fraction of sp³-hybridized carbons (Fsp3) is 0.417. The number of nitrogens with zero attached hydrogens (tertiary/aromatic N) is 2. The highest BCUT2D eigenvalue weighted by molar-refractivity contribution is 9.10. The van der Waals surface area contributed by atoms with E-state index in [1.54, 1.807) is 30.1 Å². The fourth-order valence-electron chi connectivity index (χ4n) is 2.12. The topological polar surface area (TPSA) is 62.3 Å². The smallest absolute Gasteiger partial charge is 0.273 e. The lowest BCUT2D eigenvalue weighted by atomic mass is 10.2. The van der Waals surface area contributed by atoms with Gasteiger partial charge in [0, 0.05) is 13.6 Å². The number of pyridine rings is 1. The predicted molar refractivity (Wildman–Crippen MR) is 70.1 cm³/mol. The Kier molecular flexibility index (Phi) is 3.96. The molecule has 18 heavy (non-hydrogen) atoms. The molecule has 5 nitrogen and oxygen atoms in total. The van der Waals surface area contributed by atoms with Crippen LogP contribution in [0.25, 0.3) is 0 Å². The molecule has 0 radical (unpaired) electrons. The molecule has 1 fully saturated rings. The van der Waals surface area contributed by atoms with E-state index in [-0.39, 0.29) is 17.9 Å². The molecule has 1 aromatic heterocycles. The van der Waals surface area contributed by atoms with Crippen molar-refractivity contribution in [3.8, 4) is 0 Å². The minimum Gasteiger partial charge on any atom is -0.357 e. The van der Waals surface area contributed by atoms with Gasteiger partial charge < -0.3 is 10.2 Å². The van der Waals surface area contributed by atoms with Crippen molar-refractivity contribution in [2.24, 2.45) is 0 Å². The van der Waals surface area contributed by atoms with Crippen molar-refractivity contribution < 1.29 is 9.59 Å². The van der Waals surface area contributed by atoms with Crippen molar-refractivity contribution in [1.82, 2.24) is 15.2 Å². The van der Waals surface area contributed by atoms with E-state index in [1.807, 2.05) is 0 Å². The Labute approximate surface area is 114 Å². The lowest BCUT2D eigenvalue weighted by Crippen LogP contribution is -2.45. The maximum absolute atomic E-state index is 12.3. The Balaban J connectivity index is 2.20. The molecule has 1 atom stereocenters. The van der Waals surface area contributed by atoms with E-state index < -0.39 is 0 Å². The second-order valence-electron chi connectivity index (χ2n) is 4.12. The third kappa shape index (κ3) is 2.53. The number of hydrogen-bond donors (Lipinski definition) is 1. The first-order chi connectivity index (χ1) is 8.63. The van der Waals surface area contributed by atoms with Crippen LogP contribution in [0, 0.1) is 0 Å². The Bertz CT molecular complexity index is 478. The van der Waals surface area contributed by atoms with Crippen LogP contribution in [-0.4, -0.2) is 41.3 Å². The van der Waals surface area contributed by atoms with Crippen molar-refractivity contribution in [2.75, 3.05) is 13.6 Å². The van der Waals surface area contributed by atoms with E-state index >= 15 is 0 Å². The lowest BCUT2D eigenvalue weighted by Gasteiger charge is -2.22. The third-order valence-corrected chi connectivity index (χ3v) is 3.44. The van der Waals surface area contributed by atoms with Gasteiger partial charge in [-0.2, -0.15) is 0 Å². The van der Waals surface area contributed by atoms with E-state index in [0.29, 0.717) is 23.3 Å². The first-order valence-corrected chi connectivity index (χ1v) is 6.58. The molecule has 0 bridgehead atoms. The van der Waals surface area contributed by atoms with Gasteiger partial charge in [0.1, 0.15) is 16.3 Å². The lowest BCUT2D eigenvalue weighted by molar-refractivity contribution is -0.124. The standard InChI is InChI=1S/C12H14BrN3O2/c1-14-11(17)9-5-3-7-16(9)12(18)8-4-2-6-10(13)15-8/h2,4,6,9H,3,5,7H2,1H3,(H,14,17). The molecule has 2 rings (SSSR count). The van der Waals surface area contributed by atoms with Gasteiger partial charge in [0.2, 0.25) is 5.91 Å². The van der Waals surface area contributed by atoms with Crippen LogP contribution < -0.4 is 5.32 Å². The SMILES string of the molecule is CNC(=O)C1CCCN1C(=O)c1cccc(Br)n1. The Hall–Kier alpha value is -1.43.